The third kappa shape index (κ3) is 3.32. The molecule has 3 aromatic rings. The zero-order valence-electron chi connectivity index (χ0n) is 13.3. The zero-order valence-corrected chi connectivity index (χ0v) is 14.8. The van der Waals surface area contributed by atoms with Crippen molar-refractivity contribution in [1.82, 2.24) is 24.7 Å². The van der Waals surface area contributed by atoms with Gasteiger partial charge in [0.2, 0.25) is 0 Å². The Kier molecular flexibility index (Phi) is 4.31. The Morgan fingerprint density at radius 1 is 0.960 bits per heavy atom. The third-order valence-electron chi connectivity index (χ3n) is 4.07. The minimum Gasteiger partial charge on any atom is -0.353 e. The molecule has 25 heavy (non-hydrogen) atoms. The van der Waals surface area contributed by atoms with Crippen LogP contribution >= 0.6 is 15.9 Å². The van der Waals surface area contributed by atoms with Crippen LogP contribution in [-0.2, 0) is 0 Å². The molecule has 1 fully saturated rings. The van der Waals surface area contributed by atoms with Gasteiger partial charge >= 0.3 is 0 Å². The van der Waals surface area contributed by atoms with E-state index in [1.165, 1.54) is 12.4 Å². The fourth-order valence-electron chi connectivity index (χ4n) is 2.83. The number of aromatic nitrogens is 5. The van der Waals surface area contributed by atoms with Crippen molar-refractivity contribution in [2.24, 2.45) is 0 Å². The summed E-state index contributed by atoms with van der Waals surface area (Å²) in [5, 5.41) is 4.19. The van der Waals surface area contributed by atoms with E-state index in [9.17, 15) is 4.39 Å². The number of rotatable bonds is 3. The van der Waals surface area contributed by atoms with E-state index >= 15 is 0 Å². The van der Waals surface area contributed by atoms with Crippen LogP contribution in [0.5, 0.6) is 0 Å². The fraction of sp³-hybridized carbons (Fsp3) is 0.250. The highest BCUT2D eigenvalue weighted by molar-refractivity contribution is 9.10. The summed E-state index contributed by atoms with van der Waals surface area (Å²) in [6.07, 6.45) is 6.70. The van der Waals surface area contributed by atoms with Crippen LogP contribution in [0.25, 0.3) is 5.82 Å². The summed E-state index contributed by atoms with van der Waals surface area (Å²) in [4.78, 5) is 16.9. The third-order valence-corrected chi connectivity index (χ3v) is 4.50. The van der Waals surface area contributed by atoms with Crippen LogP contribution in [0.1, 0.15) is 0 Å². The highest BCUT2D eigenvalue weighted by Gasteiger charge is 2.22. The van der Waals surface area contributed by atoms with Gasteiger partial charge in [0, 0.05) is 55.3 Å². The number of anilines is 2. The zero-order chi connectivity index (χ0) is 17.2. The molecule has 0 N–H and O–H groups in total. The van der Waals surface area contributed by atoms with Crippen molar-refractivity contribution in [3.8, 4) is 5.82 Å². The SMILES string of the molecule is Fc1cc(Br)cnc1N1CCN(c2cc(-n3cccn3)ncn2)CC1. The first-order chi connectivity index (χ1) is 12.2. The Morgan fingerprint density at radius 2 is 1.72 bits per heavy atom. The first-order valence-corrected chi connectivity index (χ1v) is 8.63. The van der Waals surface area contributed by atoms with E-state index in [-0.39, 0.29) is 5.82 Å². The molecular weight excluding hydrogens is 389 g/mol. The maximum Gasteiger partial charge on any atom is 0.166 e. The summed E-state index contributed by atoms with van der Waals surface area (Å²) >= 11 is 3.23. The van der Waals surface area contributed by atoms with Crippen molar-refractivity contribution in [3.05, 3.63) is 53.4 Å². The van der Waals surface area contributed by atoms with Crippen molar-refractivity contribution < 1.29 is 4.39 Å². The molecule has 0 saturated carbocycles. The molecule has 0 radical (unpaired) electrons. The Morgan fingerprint density at radius 3 is 2.44 bits per heavy atom. The van der Waals surface area contributed by atoms with Crippen LogP contribution in [0.4, 0.5) is 16.0 Å². The molecule has 9 heteroatoms. The van der Waals surface area contributed by atoms with Crippen LogP contribution in [0.15, 0.2) is 47.6 Å². The monoisotopic (exact) mass is 403 g/mol. The summed E-state index contributed by atoms with van der Waals surface area (Å²) < 4.78 is 16.4. The Hall–Kier alpha value is -2.55. The highest BCUT2D eigenvalue weighted by Crippen LogP contribution is 2.22. The Labute approximate surface area is 152 Å². The number of halogens is 2. The largest absolute Gasteiger partial charge is 0.353 e. The van der Waals surface area contributed by atoms with Gasteiger partial charge in [-0.25, -0.2) is 24.0 Å². The van der Waals surface area contributed by atoms with Gasteiger partial charge in [-0.15, -0.1) is 0 Å². The average molecular weight is 404 g/mol. The lowest BCUT2D eigenvalue weighted by Gasteiger charge is -2.36. The molecule has 1 aliphatic heterocycles. The highest BCUT2D eigenvalue weighted by atomic mass is 79.9. The molecule has 4 rings (SSSR count). The predicted molar refractivity (Wildman–Crippen MR) is 95.5 cm³/mol. The van der Waals surface area contributed by atoms with Crippen LogP contribution < -0.4 is 9.80 Å². The average Bonchev–Trinajstić information content (AvgIpc) is 3.17. The van der Waals surface area contributed by atoms with Crippen molar-refractivity contribution in [2.45, 2.75) is 0 Å². The molecule has 0 aliphatic carbocycles. The topological polar surface area (TPSA) is 63.0 Å². The quantitative estimate of drug-likeness (QED) is 0.668. The van der Waals surface area contributed by atoms with Crippen LogP contribution in [0, 0.1) is 5.82 Å². The lowest BCUT2D eigenvalue weighted by Crippen LogP contribution is -2.47. The molecule has 0 spiro atoms. The molecule has 0 aromatic carbocycles. The second-order valence-electron chi connectivity index (χ2n) is 5.62. The van der Waals surface area contributed by atoms with E-state index < -0.39 is 0 Å². The second kappa shape index (κ2) is 6.75. The number of piperazine rings is 1. The van der Waals surface area contributed by atoms with Crippen molar-refractivity contribution in [2.75, 3.05) is 36.0 Å². The molecule has 0 bridgehead atoms. The maximum atomic E-state index is 14.1. The summed E-state index contributed by atoms with van der Waals surface area (Å²) in [7, 11) is 0. The van der Waals surface area contributed by atoms with E-state index in [2.05, 4.69) is 40.9 Å². The number of nitrogens with zero attached hydrogens (tertiary/aromatic N) is 7. The van der Waals surface area contributed by atoms with Crippen molar-refractivity contribution in [3.63, 3.8) is 0 Å². The van der Waals surface area contributed by atoms with E-state index in [1.54, 1.807) is 17.1 Å². The molecule has 1 saturated heterocycles. The van der Waals surface area contributed by atoms with Crippen LogP contribution in [0.2, 0.25) is 0 Å². The molecule has 0 unspecified atom stereocenters. The number of pyridine rings is 1. The second-order valence-corrected chi connectivity index (χ2v) is 6.53. The van der Waals surface area contributed by atoms with Gasteiger partial charge in [-0.2, -0.15) is 5.10 Å². The molecular formula is C16H15BrFN7. The fourth-order valence-corrected chi connectivity index (χ4v) is 3.13. The van der Waals surface area contributed by atoms with Gasteiger partial charge in [0.15, 0.2) is 17.5 Å². The molecule has 0 atom stereocenters. The van der Waals surface area contributed by atoms with Crippen LogP contribution in [0.3, 0.4) is 0 Å². The molecule has 7 nitrogen and oxygen atoms in total. The predicted octanol–water partition coefficient (Wildman–Crippen LogP) is 2.29. The minimum absolute atomic E-state index is 0.314. The first-order valence-electron chi connectivity index (χ1n) is 7.84. The number of hydrogen-bond acceptors (Lipinski definition) is 6. The summed E-state index contributed by atoms with van der Waals surface area (Å²) in [5.41, 5.74) is 0. The van der Waals surface area contributed by atoms with Gasteiger partial charge in [0.1, 0.15) is 12.1 Å². The van der Waals surface area contributed by atoms with E-state index in [0.29, 0.717) is 23.4 Å². The lowest BCUT2D eigenvalue weighted by atomic mass is 10.3. The maximum absolute atomic E-state index is 14.1. The molecule has 1 aliphatic rings. The lowest BCUT2D eigenvalue weighted by molar-refractivity contribution is 0.586. The van der Waals surface area contributed by atoms with E-state index in [0.717, 1.165) is 24.7 Å². The molecule has 128 valence electrons. The smallest absolute Gasteiger partial charge is 0.166 e. The van der Waals surface area contributed by atoms with Crippen molar-refractivity contribution in [1.29, 1.82) is 0 Å². The Bertz CT molecular complexity index is 863. The normalized spacial score (nSPS) is 14.8. The minimum atomic E-state index is -0.314. The summed E-state index contributed by atoms with van der Waals surface area (Å²) in [6, 6.07) is 5.19. The van der Waals surface area contributed by atoms with Crippen LogP contribution in [-0.4, -0.2) is 50.9 Å². The van der Waals surface area contributed by atoms with Gasteiger partial charge in [-0.05, 0) is 28.1 Å². The summed E-state index contributed by atoms with van der Waals surface area (Å²) in [5.74, 6) is 1.64. The first kappa shape index (κ1) is 15.9. The van der Waals surface area contributed by atoms with E-state index in [1.807, 2.05) is 23.2 Å². The standard InChI is InChI=1S/C16H15BrFN7/c17-12-8-13(18)16(19-10-12)24-6-4-23(5-7-24)14-9-15(21-11-20-14)25-3-1-2-22-25/h1-3,8-11H,4-7H2. The van der Waals surface area contributed by atoms with Gasteiger partial charge < -0.3 is 9.80 Å². The molecule has 4 heterocycles. The molecule has 3 aromatic heterocycles. The van der Waals surface area contributed by atoms with Gasteiger partial charge in [-0.1, -0.05) is 0 Å². The van der Waals surface area contributed by atoms with Gasteiger partial charge in [-0.3, -0.25) is 0 Å². The van der Waals surface area contributed by atoms with Gasteiger partial charge in [0.05, 0.1) is 0 Å². The number of hydrogen-bond donors (Lipinski definition) is 0. The van der Waals surface area contributed by atoms with Gasteiger partial charge in [0.25, 0.3) is 0 Å². The summed E-state index contributed by atoms with van der Waals surface area (Å²) in [6.45, 7) is 2.80. The Balaban J connectivity index is 1.48. The molecule has 0 amide bonds. The van der Waals surface area contributed by atoms with Crippen molar-refractivity contribution >= 4 is 27.6 Å². The van der Waals surface area contributed by atoms with E-state index in [4.69, 9.17) is 0 Å².